The van der Waals surface area contributed by atoms with Crippen LogP contribution < -0.4 is 5.32 Å². The first-order valence-corrected chi connectivity index (χ1v) is 6.34. The Morgan fingerprint density at radius 3 is 2.56 bits per heavy atom. The Morgan fingerprint density at radius 2 is 2.00 bits per heavy atom. The summed E-state index contributed by atoms with van der Waals surface area (Å²) in [5, 5.41) is 2.57. The van der Waals surface area contributed by atoms with Crippen LogP contribution in [0.3, 0.4) is 0 Å². The summed E-state index contributed by atoms with van der Waals surface area (Å²) in [6, 6.07) is 8.05. The SMILES string of the molecule is CNC(=O)CCC(C=O)c1cccc(C(C)C)c1. The lowest BCUT2D eigenvalue weighted by Crippen LogP contribution is -2.18. The summed E-state index contributed by atoms with van der Waals surface area (Å²) in [6.07, 6.45) is 1.87. The largest absolute Gasteiger partial charge is 0.359 e. The Labute approximate surface area is 109 Å². The lowest BCUT2D eigenvalue weighted by Gasteiger charge is -2.13. The summed E-state index contributed by atoms with van der Waals surface area (Å²) in [7, 11) is 1.61. The van der Waals surface area contributed by atoms with Crippen LogP contribution in [0.15, 0.2) is 24.3 Å². The Kier molecular flexibility index (Phi) is 5.56. The van der Waals surface area contributed by atoms with Crippen molar-refractivity contribution in [3.63, 3.8) is 0 Å². The van der Waals surface area contributed by atoms with Crippen molar-refractivity contribution in [3.05, 3.63) is 35.4 Å². The van der Waals surface area contributed by atoms with Gasteiger partial charge in [0, 0.05) is 19.4 Å². The number of carbonyl (C=O) groups is 2. The maximum atomic E-state index is 11.2. The quantitative estimate of drug-likeness (QED) is 0.785. The van der Waals surface area contributed by atoms with Crippen LogP contribution in [0, 0.1) is 0 Å². The van der Waals surface area contributed by atoms with Crippen molar-refractivity contribution in [3.8, 4) is 0 Å². The van der Waals surface area contributed by atoms with Crippen LogP contribution in [0.2, 0.25) is 0 Å². The normalized spacial score (nSPS) is 12.2. The predicted octanol–water partition coefficient (Wildman–Crippen LogP) is 2.62. The molecule has 3 heteroatoms. The van der Waals surface area contributed by atoms with E-state index in [4.69, 9.17) is 0 Å². The smallest absolute Gasteiger partial charge is 0.219 e. The summed E-state index contributed by atoms with van der Waals surface area (Å²) < 4.78 is 0. The molecule has 3 nitrogen and oxygen atoms in total. The van der Waals surface area contributed by atoms with Gasteiger partial charge in [-0.15, -0.1) is 0 Å². The lowest BCUT2D eigenvalue weighted by atomic mass is 9.92. The van der Waals surface area contributed by atoms with E-state index in [9.17, 15) is 9.59 Å². The van der Waals surface area contributed by atoms with Gasteiger partial charge < -0.3 is 10.1 Å². The van der Waals surface area contributed by atoms with Gasteiger partial charge in [0.1, 0.15) is 6.29 Å². The minimum absolute atomic E-state index is 0.0261. The van der Waals surface area contributed by atoms with Crippen molar-refractivity contribution in [1.29, 1.82) is 0 Å². The fourth-order valence-electron chi connectivity index (χ4n) is 1.87. The van der Waals surface area contributed by atoms with E-state index in [-0.39, 0.29) is 11.8 Å². The summed E-state index contributed by atoms with van der Waals surface area (Å²) in [5.41, 5.74) is 2.22. The maximum Gasteiger partial charge on any atom is 0.219 e. The zero-order valence-electron chi connectivity index (χ0n) is 11.3. The highest BCUT2D eigenvalue weighted by Gasteiger charge is 2.13. The molecule has 0 fully saturated rings. The average Bonchev–Trinajstić information content (AvgIpc) is 2.39. The van der Waals surface area contributed by atoms with Crippen molar-refractivity contribution in [1.82, 2.24) is 5.32 Å². The molecule has 0 spiro atoms. The number of nitrogens with one attached hydrogen (secondary N) is 1. The molecular weight excluding hydrogens is 226 g/mol. The molecule has 0 aliphatic rings. The van der Waals surface area contributed by atoms with Gasteiger partial charge in [0.15, 0.2) is 0 Å². The fraction of sp³-hybridized carbons (Fsp3) is 0.467. The molecule has 1 amide bonds. The molecule has 98 valence electrons. The van der Waals surface area contributed by atoms with Gasteiger partial charge in [0.25, 0.3) is 0 Å². The van der Waals surface area contributed by atoms with Crippen LogP contribution in [0.1, 0.15) is 49.7 Å². The maximum absolute atomic E-state index is 11.2. The topological polar surface area (TPSA) is 46.2 Å². The van der Waals surface area contributed by atoms with Gasteiger partial charge in [-0.2, -0.15) is 0 Å². The number of benzene rings is 1. The molecule has 0 bridgehead atoms. The zero-order valence-corrected chi connectivity index (χ0v) is 11.3. The molecule has 0 radical (unpaired) electrons. The summed E-state index contributed by atoms with van der Waals surface area (Å²) >= 11 is 0. The minimum Gasteiger partial charge on any atom is -0.359 e. The van der Waals surface area contributed by atoms with Gasteiger partial charge >= 0.3 is 0 Å². The van der Waals surface area contributed by atoms with E-state index in [1.165, 1.54) is 5.56 Å². The zero-order chi connectivity index (χ0) is 13.5. The van der Waals surface area contributed by atoms with Gasteiger partial charge in [-0.05, 0) is 23.5 Å². The molecule has 1 atom stereocenters. The van der Waals surface area contributed by atoms with Crippen molar-refractivity contribution < 1.29 is 9.59 Å². The third kappa shape index (κ3) is 3.99. The molecule has 0 aromatic heterocycles. The molecule has 1 aromatic carbocycles. The first-order valence-electron chi connectivity index (χ1n) is 6.34. The number of carbonyl (C=O) groups excluding carboxylic acids is 2. The second-order valence-electron chi connectivity index (χ2n) is 4.78. The first-order chi connectivity index (χ1) is 8.58. The number of aldehydes is 1. The highest BCUT2D eigenvalue weighted by atomic mass is 16.1. The van der Waals surface area contributed by atoms with Crippen LogP contribution in [-0.2, 0) is 9.59 Å². The Morgan fingerprint density at radius 1 is 1.33 bits per heavy atom. The molecule has 1 unspecified atom stereocenters. The summed E-state index contributed by atoms with van der Waals surface area (Å²) in [4.78, 5) is 22.4. The molecule has 0 aliphatic carbocycles. The molecule has 0 saturated carbocycles. The van der Waals surface area contributed by atoms with Crippen molar-refractivity contribution >= 4 is 12.2 Å². The minimum atomic E-state index is -0.194. The third-order valence-electron chi connectivity index (χ3n) is 3.13. The lowest BCUT2D eigenvalue weighted by molar-refractivity contribution is -0.120. The van der Waals surface area contributed by atoms with Gasteiger partial charge in [0.05, 0.1) is 0 Å². The molecule has 1 aromatic rings. The van der Waals surface area contributed by atoms with Gasteiger partial charge in [-0.3, -0.25) is 4.79 Å². The first kappa shape index (κ1) is 14.4. The van der Waals surface area contributed by atoms with E-state index >= 15 is 0 Å². The van der Waals surface area contributed by atoms with Gasteiger partial charge in [-0.1, -0.05) is 38.1 Å². The van der Waals surface area contributed by atoms with E-state index in [2.05, 4.69) is 31.3 Å². The molecule has 0 heterocycles. The molecule has 1 rings (SSSR count). The number of hydrogen-bond donors (Lipinski definition) is 1. The van der Waals surface area contributed by atoms with Crippen LogP contribution >= 0.6 is 0 Å². The summed E-state index contributed by atoms with van der Waals surface area (Å²) in [5.74, 6) is 0.221. The highest BCUT2D eigenvalue weighted by Crippen LogP contribution is 2.23. The van der Waals surface area contributed by atoms with Crippen molar-refractivity contribution in [2.75, 3.05) is 7.05 Å². The summed E-state index contributed by atoms with van der Waals surface area (Å²) in [6.45, 7) is 4.25. The van der Waals surface area contributed by atoms with Gasteiger partial charge in [0.2, 0.25) is 5.91 Å². The molecule has 0 aliphatic heterocycles. The van der Waals surface area contributed by atoms with Crippen LogP contribution in [0.25, 0.3) is 0 Å². The second-order valence-corrected chi connectivity index (χ2v) is 4.78. The Bertz CT molecular complexity index is 413. The average molecular weight is 247 g/mol. The highest BCUT2D eigenvalue weighted by molar-refractivity contribution is 5.76. The van der Waals surface area contributed by atoms with E-state index < -0.39 is 0 Å². The Hall–Kier alpha value is -1.64. The Balaban J connectivity index is 2.78. The predicted molar refractivity (Wildman–Crippen MR) is 72.6 cm³/mol. The number of amides is 1. The van der Waals surface area contributed by atoms with E-state index in [1.807, 2.05) is 12.1 Å². The molecule has 1 N–H and O–H groups in total. The number of rotatable bonds is 6. The van der Waals surface area contributed by atoms with Crippen molar-refractivity contribution in [2.45, 2.75) is 38.5 Å². The van der Waals surface area contributed by atoms with Gasteiger partial charge in [-0.25, -0.2) is 0 Å². The number of hydrogen-bond acceptors (Lipinski definition) is 2. The second kappa shape index (κ2) is 6.94. The fourth-order valence-corrected chi connectivity index (χ4v) is 1.87. The van der Waals surface area contributed by atoms with Crippen LogP contribution in [0.5, 0.6) is 0 Å². The molecule has 18 heavy (non-hydrogen) atoms. The monoisotopic (exact) mass is 247 g/mol. The van der Waals surface area contributed by atoms with E-state index in [1.54, 1.807) is 7.05 Å². The van der Waals surface area contributed by atoms with E-state index in [0.29, 0.717) is 18.8 Å². The van der Waals surface area contributed by atoms with E-state index in [0.717, 1.165) is 11.8 Å². The third-order valence-corrected chi connectivity index (χ3v) is 3.13. The van der Waals surface area contributed by atoms with Crippen LogP contribution in [-0.4, -0.2) is 19.2 Å². The molecule has 0 saturated heterocycles. The van der Waals surface area contributed by atoms with Crippen LogP contribution in [0.4, 0.5) is 0 Å². The van der Waals surface area contributed by atoms with Crippen molar-refractivity contribution in [2.24, 2.45) is 0 Å². The standard InChI is InChI=1S/C15H21NO2/c1-11(2)12-5-4-6-13(9-12)14(10-17)7-8-15(18)16-3/h4-6,9-11,14H,7-8H2,1-3H3,(H,16,18). The molecular formula is C15H21NO2.